The fraction of sp³-hybridized carbons (Fsp3) is 0.308. The Balaban J connectivity index is 2.02. The first kappa shape index (κ1) is 10.5. The van der Waals surface area contributed by atoms with E-state index in [0.29, 0.717) is 0 Å². The van der Waals surface area contributed by atoms with Crippen molar-refractivity contribution in [3.05, 3.63) is 42.1 Å². The molecule has 2 heterocycles. The number of halogens is 1. The molecule has 0 bridgehead atoms. The lowest BCUT2D eigenvalue weighted by Gasteiger charge is -2.21. The van der Waals surface area contributed by atoms with Crippen LogP contribution in [0.1, 0.15) is 12.1 Å². The Bertz CT molecular complexity index is 530. The van der Waals surface area contributed by atoms with Gasteiger partial charge in [0.05, 0.1) is 12.0 Å². The minimum absolute atomic E-state index is 0.219. The molecule has 0 saturated carbocycles. The van der Waals surface area contributed by atoms with E-state index < -0.39 is 0 Å². The van der Waals surface area contributed by atoms with Crippen molar-refractivity contribution in [2.45, 2.75) is 25.4 Å². The van der Waals surface area contributed by atoms with Crippen LogP contribution in [0.25, 0.3) is 11.3 Å². The van der Waals surface area contributed by atoms with Crippen LogP contribution in [-0.4, -0.2) is 15.6 Å². The molecule has 0 amide bonds. The van der Waals surface area contributed by atoms with Crippen molar-refractivity contribution < 1.29 is 4.39 Å². The topological polar surface area (TPSA) is 43.8 Å². The lowest BCUT2D eigenvalue weighted by atomic mass is 10.0. The summed E-state index contributed by atoms with van der Waals surface area (Å²) < 4.78 is 15.0. The number of hydrogen-bond donors (Lipinski definition) is 1. The number of nitrogens with zero attached hydrogens (tertiary/aromatic N) is 2. The monoisotopic (exact) mass is 231 g/mol. The first-order valence-corrected chi connectivity index (χ1v) is 5.79. The van der Waals surface area contributed by atoms with Crippen molar-refractivity contribution in [3.8, 4) is 11.3 Å². The maximum Gasteiger partial charge on any atom is 0.123 e. The normalized spacial score (nSPS) is 19.1. The van der Waals surface area contributed by atoms with Gasteiger partial charge < -0.3 is 10.3 Å². The molecular weight excluding hydrogens is 217 g/mol. The van der Waals surface area contributed by atoms with Gasteiger partial charge in [0.2, 0.25) is 0 Å². The van der Waals surface area contributed by atoms with E-state index in [1.807, 2.05) is 6.33 Å². The number of aromatic nitrogens is 2. The van der Waals surface area contributed by atoms with Crippen LogP contribution in [0, 0.1) is 5.82 Å². The van der Waals surface area contributed by atoms with Crippen LogP contribution in [0.4, 0.5) is 4.39 Å². The zero-order valence-corrected chi connectivity index (χ0v) is 9.44. The van der Waals surface area contributed by atoms with E-state index in [0.717, 1.165) is 30.6 Å². The van der Waals surface area contributed by atoms with Crippen LogP contribution in [0.2, 0.25) is 0 Å². The largest absolute Gasteiger partial charge is 0.332 e. The van der Waals surface area contributed by atoms with Crippen molar-refractivity contribution in [2.24, 2.45) is 5.73 Å². The van der Waals surface area contributed by atoms with E-state index in [-0.39, 0.29) is 11.9 Å². The van der Waals surface area contributed by atoms with Crippen LogP contribution in [0.5, 0.6) is 0 Å². The first-order valence-electron chi connectivity index (χ1n) is 5.79. The minimum Gasteiger partial charge on any atom is -0.332 e. The summed E-state index contributed by atoms with van der Waals surface area (Å²) in [4.78, 5) is 4.42. The molecule has 2 aromatic rings. The summed E-state index contributed by atoms with van der Waals surface area (Å²) in [5.41, 5.74) is 9.05. The van der Waals surface area contributed by atoms with Gasteiger partial charge in [0.15, 0.2) is 0 Å². The molecule has 2 N–H and O–H groups in total. The van der Waals surface area contributed by atoms with Crippen LogP contribution in [-0.2, 0) is 13.0 Å². The van der Waals surface area contributed by atoms with E-state index in [1.165, 1.54) is 17.8 Å². The molecule has 1 aromatic carbocycles. The maximum absolute atomic E-state index is 12.9. The summed E-state index contributed by atoms with van der Waals surface area (Å²) >= 11 is 0. The molecule has 0 fully saturated rings. The third-order valence-electron chi connectivity index (χ3n) is 3.25. The van der Waals surface area contributed by atoms with Gasteiger partial charge in [-0.25, -0.2) is 9.37 Å². The van der Waals surface area contributed by atoms with Gasteiger partial charge in [-0.1, -0.05) is 0 Å². The third kappa shape index (κ3) is 1.85. The second-order valence-electron chi connectivity index (χ2n) is 4.50. The van der Waals surface area contributed by atoms with Crippen LogP contribution in [0.15, 0.2) is 30.6 Å². The number of hydrogen-bond acceptors (Lipinski definition) is 2. The number of fused-ring (bicyclic) bond motifs is 1. The fourth-order valence-corrected chi connectivity index (χ4v) is 2.34. The van der Waals surface area contributed by atoms with Crippen LogP contribution < -0.4 is 5.73 Å². The maximum atomic E-state index is 12.9. The second kappa shape index (κ2) is 3.96. The lowest BCUT2D eigenvalue weighted by molar-refractivity contribution is 0.461. The zero-order chi connectivity index (χ0) is 11.8. The molecule has 1 aromatic heterocycles. The molecule has 4 heteroatoms. The van der Waals surface area contributed by atoms with Gasteiger partial charge in [-0.15, -0.1) is 0 Å². The molecule has 1 atom stereocenters. The Labute approximate surface area is 99.1 Å². The first-order chi connectivity index (χ1) is 8.24. The molecule has 3 rings (SSSR count). The predicted octanol–water partition coefficient (Wildman–Crippen LogP) is 1.96. The minimum atomic E-state index is -0.219. The van der Waals surface area contributed by atoms with Crippen LogP contribution >= 0.6 is 0 Å². The van der Waals surface area contributed by atoms with E-state index >= 15 is 0 Å². The Morgan fingerprint density at radius 1 is 1.29 bits per heavy atom. The SMILES string of the molecule is NC1CCc2c(-c3ccc(F)cc3)ncn2C1. The van der Waals surface area contributed by atoms with Gasteiger partial charge in [-0.3, -0.25) is 0 Å². The van der Waals surface area contributed by atoms with E-state index in [1.54, 1.807) is 12.1 Å². The van der Waals surface area contributed by atoms with Crippen LogP contribution in [0.3, 0.4) is 0 Å². The molecule has 0 aliphatic carbocycles. The summed E-state index contributed by atoms with van der Waals surface area (Å²) in [5.74, 6) is -0.219. The fourth-order valence-electron chi connectivity index (χ4n) is 2.34. The Morgan fingerprint density at radius 3 is 2.82 bits per heavy atom. The number of imidazole rings is 1. The third-order valence-corrected chi connectivity index (χ3v) is 3.25. The number of rotatable bonds is 1. The van der Waals surface area contributed by atoms with E-state index in [4.69, 9.17) is 5.73 Å². The Morgan fingerprint density at radius 2 is 2.06 bits per heavy atom. The lowest BCUT2D eigenvalue weighted by Crippen LogP contribution is -2.31. The molecular formula is C13H14FN3. The Kier molecular flexibility index (Phi) is 2.44. The highest BCUT2D eigenvalue weighted by atomic mass is 19.1. The molecule has 1 aliphatic heterocycles. The summed E-state index contributed by atoms with van der Waals surface area (Å²) in [6.07, 6.45) is 3.75. The Hall–Kier alpha value is -1.68. The van der Waals surface area contributed by atoms with E-state index in [2.05, 4.69) is 9.55 Å². The van der Waals surface area contributed by atoms with Crippen molar-refractivity contribution >= 4 is 0 Å². The van der Waals surface area contributed by atoms with Gasteiger partial charge >= 0.3 is 0 Å². The molecule has 17 heavy (non-hydrogen) atoms. The standard InChI is InChI=1S/C13H14FN3/c14-10-3-1-9(2-4-10)13-12-6-5-11(15)7-17(12)8-16-13/h1-4,8,11H,5-7,15H2. The van der Waals surface area contributed by atoms with Gasteiger partial charge in [-0.05, 0) is 37.1 Å². The molecule has 1 aliphatic rings. The van der Waals surface area contributed by atoms with Crippen molar-refractivity contribution in [3.63, 3.8) is 0 Å². The highest BCUT2D eigenvalue weighted by Crippen LogP contribution is 2.26. The van der Waals surface area contributed by atoms with Crippen molar-refractivity contribution in [1.82, 2.24) is 9.55 Å². The number of nitrogens with two attached hydrogens (primary N) is 1. The predicted molar refractivity (Wildman–Crippen MR) is 63.9 cm³/mol. The van der Waals surface area contributed by atoms with E-state index in [9.17, 15) is 4.39 Å². The second-order valence-corrected chi connectivity index (χ2v) is 4.50. The summed E-state index contributed by atoms with van der Waals surface area (Å²) in [7, 11) is 0. The highest BCUT2D eigenvalue weighted by molar-refractivity contribution is 5.62. The van der Waals surface area contributed by atoms with Gasteiger partial charge in [-0.2, -0.15) is 0 Å². The molecule has 1 unspecified atom stereocenters. The van der Waals surface area contributed by atoms with Gasteiger partial charge in [0.25, 0.3) is 0 Å². The molecule has 0 radical (unpaired) electrons. The quantitative estimate of drug-likeness (QED) is 0.815. The van der Waals surface area contributed by atoms with Gasteiger partial charge in [0.1, 0.15) is 5.82 Å². The molecule has 0 saturated heterocycles. The zero-order valence-electron chi connectivity index (χ0n) is 9.44. The van der Waals surface area contributed by atoms with Crippen molar-refractivity contribution in [1.29, 1.82) is 0 Å². The average Bonchev–Trinajstić information content (AvgIpc) is 2.73. The highest BCUT2D eigenvalue weighted by Gasteiger charge is 2.19. The van der Waals surface area contributed by atoms with Gasteiger partial charge in [0, 0.05) is 23.8 Å². The smallest absolute Gasteiger partial charge is 0.123 e. The summed E-state index contributed by atoms with van der Waals surface area (Å²) in [5, 5.41) is 0. The summed E-state index contributed by atoms with van der Waals surface area (Å²) in [6, 6.07) is 6.70. The molecule has 88 valence electrons. The average molecular weight is 231 g/mol. The molecule has 3 nitrogen and oxygen atoms in total. The number of benzene rings is 1. The summed E-state index contributed by atoms with van der Waals surface area (Å²) in [6.45, 7) is 0.823. The molecule has 0 spiro atoms. The van der Waals surface area contributed by atoms with Crippen molar-refractivity contribution in [2.75, 3.05) is 0 Å².